The van der Waals surface area contributed by atoms with Crippen molar-refractivity contribution in [2.45, 2.75) is 19.3 Å². The maximum Gasteiger partial charge on any atom is 0.339 e. The molecule has 1 aromatic carbocycles. The number of hydrogen-bond acceptors (Lipinski definition) is 4. The number of ether oxygens (including phenoxy) is 1. The maximum absolute atomic E-state index is 12.1. The highest BCUT2D eigenvalue weighted by Crippen LogP contribution is 2.41. The molecular formula is C14H14N2O3. The molecule has 1 fully saturated rings. The third-order valence-corrected chi connectivity index (χ3v) is 3.44. The quantitative estimate of drug-likeness (QED) is 0.842. The van der Waals surface area contributed by atoms with Gasteiger partial charge < -0.3 is 10.1 Å². The number of amides is 1. The van der Waals surface area contributed by atoms with Gasteiger partial charge in [0, 0.05) is 0 Å². The zero-order chi connectivity index (χ0) is 13.9. The fraction of sp³-hybridized carbons (Fsp3) is 0.357. The lowest BCUT2D eigenvalue weighted by Gasteiger charge is -2.33. The van der Waals surface area contributed by atoms with Crippen LogP contribution in [0.25, 0.3) is 0 Å². The first-order chi connectivity index (χ1) is 9.13. The number of para-hydroxylation sites is 1. The molecule has 0 aliphatic heterocycles. The Hall–Kier alpha value is -2.35. The summed E-state index contributed by atoms with van der Waals surface area (Å²) in [4.78, 5) is 23.7. The molecule has 1 N–H and O–H groups in total. The number of benzene rings is 1. The number of carbonyl (C=O) groups is 2. The summed E-state index contributed by atoms with van der Waals surface area (Å²) >= 11 is 0. The van der Waals surface area contributed by atoms with E-state index >= 15 is 0 Å². The van der Waals surface area contributed by atoms with Crippen molar-refractivity contribution in [2.75, 3.05) is 12.4 Å². The highest BCUT2D eigenvalue weighted by molar-refractivity contribution is 6.04. The minimum atomic E-state index is -0.941. The Balaban J connectivity index is 2.22. The van der Waals surface area contributed by atoms with Gasteiger partial charge in [0.15, 0.2) is 0 Å². The molecule has 0 radical (unpaired) electrons. The van der Waals surface area contributed by atoms with Gasteiger partial charge in [0.25, 0.3) is 0 Å². The van der Waals surface area contributed by atoms with E-state index in [-0.39, 0.29) is 11.5 Å². The maximum atomic E-state index is 12.1. The number of esters is 1. The van der Waals surface area contributed by atoms with Gasteiger partial charge in [-0.2, -0.15) is 5.26 Å². The zero-order valence-electron chi connectivity index (χ0n) is 10.6. The van der Waals surface area contributed by atoms with Gasteiger partial charge in [-0.3, -0.25) is 4.79 Å². The van der Waals surface area contributed by atoms with Crippen LogP contribution in [0.15, 0.2) is 24.3 Å². The molecule has 1 amide bonds. The van der Waals surface area contributed by atoms with E-state index in [1.807, 2.05) is 0 Å². The van der Waals surface area contributed by atoms with Crippen molar-refractivity contribution in [3.8, 4) is 6.07 Å². The minimum Gasteiger partial charge on any atom is -0.465 e. The summed E-state index contributed by atoms with van der Waals surface area (Å²) in [6, 6.07) is 8.66. The SMILES string of the molecule is COC(=O)c1ccccc1NC(=O)C1(C#N)CCC1. The van der Waals surface area contributed by atoms with Crippen LogP contribution in [0, 0.1) is 16.7 Å². The molecule has 19 heavy (non-hydrogen) atoms. The zero-order valence-corrected chi connectivity index (χ0v) is 10.6. The van der Waals surface area contributed by atoms with Gasteiger partial charge in [0.1, 0.15) is 5.41 Å². The number of nitrogens with zero attached hydrogens (tertiary/aromatic N) is 1. The molecule has 1 aliphatic rings. The van der Waals surface area contributed by atoms with Gasteiger partial charge in [-0.25, -0.2) is 4.79 Å². The number of hydrogen-bond donors (Lipinski definition) is 1. The van der Waals surface area contributed by atoms with E-state index in [1.165, 1.54) is 7.11 Å². The van der Waals surface area contributed by atoms with E-state index in [2.05, 4.69) is 16.1 Å². The molecule has 2 rings (SSSR count). The Kier molecular flexibility index (Phi) is 3.52. The third kappa shape index (κ3) is 2.29. The van der Waals surface area contributed by atoms with E-state index in [0.717, 1.165) is 6.42 Å². The molecule has 5 nitrogen and oxygen atoms in total. The van der Waals surface area contributed by atoms with Crippen LogP contribution in [0.1, 0.15) is 29.6 Å². The average Bonchev–Trinajstić information content (AvgIpc) is 2.38. The summed E-state index contributed by atoms with van der Waals surface area (Å²) in [7, 11) is 1.28. The molecule has 1 aromatic rings. The normalized spacial score (nSPS) is 15.8. The topological polar surface area (TPSA) is 79.2 Å². The van der Waals surface area contributed by atoms with Crippen molar-refractivity contribution < 1.29 is 14.3 Å². The second-order valence-corrected chi connectivity index (χ2v) is 4.54. The van der Waals surface area contributed by atoms with E-state index < -0.39 is 11.4 Å². The van der Waals surface area contributed by atoms with Crippen LogP contribution >= 0.6 is 0 Å². The Morgan fingerprint density at radius 3 is 2.58 bits per heavy atom. The standard InChI is InChI=1S/C14H14N2O3/c1-19-12(17)10-5-2-3-6-11(10)16-13(18)14(9-15)7-4-8-14/h2-3,5-6H,4,7-8H2,1H3,(H,16,18). The van der Waals surface area contributed by atoms with E-state index in [0.29, 0.717) is 18.5 Å². The lowest BCUT2D eigenvalue weighted by molar-refractivity contribution is -0.126. The van der Waals surface area contributed by atoms with Gasteiger partial charge in [-0.15, -0.1) is 0 Å². The average molecular weight is 258 g/mol. The van der Waals surface area contributed by atoms with Crippen molar-refractivity contribution >= 4 is 17.6 Å². The summed E-state index contributed by atoms with van der Waals surface area (Å²) in [6.07, 6.45) is 2.01. The fourth-order valence-corrected chi connectivity index (χ4v) is 2.04. The first-order valence-corrected chi connectivity index (χ1v) is 6.03. The van der Waals surface area contributed by atoms with Crippen LogP contribution in [0.4, 0.5) is 5.69 Å². The van der Waals surface area contributed by atoms with Gasteiger partial charge in [0.2, 0.25) is 5.91 Å². The largest absolute Gasteiger partial charge is 0.465 e. The molecule has 5 heteroatoms. The summed E-state index contributed by atoms with van der Waals surface area (Å²) in [5.41, 5.74) is -0.282. The first-order valence-electron chi connectivity index (χ1n) is 6.03. The van der Waals surface area contributed by atoms with Crippen molar-refractivity contribution in [3.05, 3.63) is 29.8 Å². The van der Waals surface area contributed by atoms with Gasteiger partial charge in [0.05, 0.1) is 24.4 Å². The van der Waals surface area contributed by atoms with Crippen molar-refractivity contribution in [1.82, 2.24) is 0 Å². The number of rotatable bonds is 3. The predicted octanol–water partition coefficient (Wildman–Crippen LogP) is 2.11. The first kappa shape index (κ1) is 13.1. The highest BCUT2D eigenvalue weighted by Gasteiger charge is 2.44. The number of nitrogens with one attached hydrogen (secondary N) is 1. The molecule has 0 bridgehead atoms. The van der Waals surface area contributed by atoms with Crippen LogP contribution in [0.2, 0.25) is 0 Å². The van der Waals surface area contributed by atoms with Crippen LogP contribution in [-0.4, -0.2) is 19.0 Å². The molecule has 1 aliphatic carbocycles. The van der Waals surface area contributed by atoms with E-state index in [1.54, 1.807) is 24.3 Å². The summed E-state index contributed by atoms with van der Waals surface area (Å²) < 4.78 is 4.66. The number of carbonyl (C=O) groups excluding carboxylic acids is 2. The van der Waals surface area contributed by atoms with Crippen LogP contribution in [-0.2, 0) is 9.53 Å². The minimum absolute atomic E-state index is 0.283. The molecule has 0 aromatic heterocycles. The number of methoxy groups -OCH3 is 1. The fourth-order valence-electron chi connectivity index (χ4n) is 2.04. The van der Waals surface area contributed by atoms with Crippen LogP contribution < -0.4 is 5.32 Å². The summed E-state index contributed by atoms with van der Waals surface area (Å²) in [5.74, 6) is -0.867. The number of anilines is 1. The van der Waals surface area contributed by atoms with E-state index in [9.17, 15) is 9.59 Å². The Labute approximate surface area is 111 Å². The molecule has 0 heterocycles. The van der Waals surface area contributed by atoms with Crippen molar-refractivity contribution in [2.24, 2.45) is 5.41 Å². The van der Waals surface area contributed by atoms with Crippen molar-refractivity contribution in [3.63, 3.8) is 0 Å². The predicted molar refractivity (Wildman–Crippen MR) is 68.3 cm³/mol. The molecule has 0 spiro atoms. The lowest BCUT2D eigenvalue weighted by Crippen LogP contribution is -2.40. The van der Waals surface area contributed by atoms with E-state index in [4.69, 9.17) is 5.26 Å². The van der Waals surface area contributed by atoms with Crippen LogP contribution in [0.3, 0.4) is 0 Å². The molecular weight excluding hydrogens is 244 g/mol. The van der Waals surface area contributed by atoms with Gasteiger partial charge in [-0.1, -0.05) is 12.1 Å². The Bertz CT molecular complexity index is 556. The monoisotopic (exact) mass is 258 g/mol. The Morgan fingerprint density at radius 2 is 2.05 bits per heavy atom. The second kappa shape index (κ2) is 5.11. The van der Waals surface area contributed by atoms with Gasteiger partial charge >= 0.3 is 5.97 Å². The molecule has 1 saturated carbocycles. The van der Waals surface area contributed by atoms with Crippen LogP contribution in [0.5, 0.6) is 0 Å². The lowest BCUT2D eigenvalue weighted by atomic mass is 9.69. The Morgan fingerprint density at radius 1 is 1.37 bits per heavy atom. The molecule has 0 unspecified atom stereocenters. The highest BCUT2D eigenvalue weighted by atomic mass is 16.5. The molecule has 98 valence electrons. The molecule has 0 atom stereocenters. The summed E-state index contributed by atoms with van der Waals surface area (Å²) in [5, 5.41) is 11.8. The van der Waals surface area contributed by atoms with Gasteiger partial charge in [-0.05, 0) is 31.4 Å². The smallest absolute Gasteiger partial charge is 0.339 e. The van der Waals surface area contributed by atoms with Crippen molar-refractivity contribution in [1.29, 1.82) is 5.26 Å². The second-order valence-electron chi connectivity index (χ2n) is 4.54. The molecule has 0 saturated heterocycles. The summed E-state index contributed by atoms with van der Waals surface area (Å²) in [6.45, 7) is 0. The third-order valence-electron chi connectivity index (χ3n) is 3.44. The number of nitriles is 1.